The van der Waals surface area contributed by atoms with Gasteiger partial charge in [-0.15, -0.1) is 0 Å². The first-order valence-electron chi connectivity index (χ1n) is 5.19. The molecule has 2 nitrogen and oxygen atoms in total. The quantitative estimate of drug-likeness (QED) is 0.855. The van der Waals surface area contributed by atoms with Crippen LogP contribution in [0.1, 0.15) is 36.9 Å². The van der Waals surface area contributed by atoms with Crippen molar-refractivity contribution < 1.29 is 4.74 Å². The van der Waals surface area contributed by atoms with Crippen LogP contribution in [0.3, 0.4) is 0 Å². The number of methoxy groups -OCH3 is 1. The summed E-state index contributed by atoms with van der Waals surface area (Å²) in [6.45, 7) is 4.09. The van der Waals surface area contributed by atoms with Gasteiger partial charge in [-0.1, -0.05) is 24.9 Å². The fourth-order valence-electron chi connectivity index (χ4n) is 1.78. The van der Waals surface area contributed by atoms with Crippen molar-refractivity contribution in [3.8, 4) is 5.75 Å². The third-order valence-electron chi connectivity index (χ3n) is 2.47. The number of nitrogens with two attached hydrogens (primary N) is 1. The van der Waals surface area contributed by atoms with Gasteiger partial charge < -0.3 is 10.5 Å². The zero-order valence-corrected chi connectivity index (χ0v) is 10.3. The predicted molar refractivity (Wildman–Crippen MR) is 64.6 cm³/mol. The molecule has 3 heteroatoms. The molecule has 0 amide bonds. The van der Waals surface area contributed by atoms with Crippen molar-refractivity contribution >= 4 is 11.6 Å². The molecule has 0 saturated heterocycles. The standard InChI is InChI=1S/C12H18ClNO/c1-4-5-11(14)10-7-9(13)6-8(2)12(10)15-3/h6-7,11H,4-5,14H2,1-3H3. The molecule has 0 spiro atoms. The zero-order valence-electron chi connectivity index (χ0n) is 9.51. The summed E-state index contributed by atoms with van der Waals surface area (Å²) in [5, 5.41) is 0.717. The summed E-state index contributed by atoms with van der Waals surface area (Å²) in [5.41, 5.74) is 8.12. The third kappa shape index (κ3) is 2.86. The monoisotopic (exact) mass is 227 g/mol. The molecule has 84 valence electrons. The Kier molecular flexibility index (Phi) is 4.43. The Bertz CT molecular complexity index is 339. The van der Waals surface area contributed by atoms with Gasteiger partial charge in [-0.25, -0.2) is 0 Å². The van der Waals surface area contributed by atoms with Crippen molar-refractivity contribution in [2.45, 2.75) is 32.7 Å². The maximum atomic E-state index is 6.08. The summed E-state index contributed by atoms with van der Waals surface area (Å²) in [4.78, 5) is 0. The van der Waals surface area contributed by atoms with Crippen LogP contribution in [0.15, 0.2) is 12.1 Å². The molecule has 0 aliphatic heterocycles. The molecule has 0 aliphatic carbocycles. The van der Waals surface area contributed by atoms with E-state index in [2.05, 4.69) is 6.92 Å². The minimum Gasteiger partial charge on any atom is -0.496 e. The summed E-state index contributed by atoms with van der Waals surface area (Å²) in [7, 11) is 1.67. The Morgan fingerprint density at radius 3 is 2.67 bits per heavy atom. The Hall–Kier alpha value is -0.730. The highest BCUT2D eigenvalue weighted by atomic mass is 35.5. The largest absolute Gasteiger partial charge is 0.496 e. The highest BCUT2D eigenvalue weighted by Gasteiger charge is 2.14. The van der Waals surface area contributed by atoms with Crippen LogP contribution in [-0.4, -0.2) is 7.11 Å². The molecule has 1 aromatic carbocycles. The van der Waals surface area contributed by atoms with Gasteiger partial charge in [0.25, 0.3) is 0 Å². The molecule has 1 atom stereocenters. The molecule has 0 aliphatic rings. The second kappa shape index (κ2) is 5.38. The van der Waals surface area contributed by atoms with E-state index in [0.717, 1.165) is 34.7 Å². The van der Waals surface area contributed by atoms with Crippen molar-refractivity contribution in [1.29, 1.82) is 0 Å². The van der Waals surface area contributed by atoms with Gasteiger partial charge in [0, 0.05) is 16.6 Å². The Morgan fingerprint density at radius 2 is 2.13 bits per heavy atom. The molecule has 0 aromatic heterocycles. The van der Waals surface area contributed by atoms with Gasteiger partial charge in [0.15, 0.2) is 0 Å². The van der Waals surface area contributed by atoms with Gasteiger partial charge >= 0.3 is 0 Å². The molecule has 15 heavy (non-hydrogen) atoms. The zero-order chi connectivity index (χ0) is 11.4. The van der Waals surface area contributed by atoms with Gasteiger partial charge in [0.2, 0.25) is 0 Å². The molecule has 1 rings (SSSR count). The number of ether oxygens (including phenoxy) is 1. The molecule has 0 heterocycles. The van der Waals surface area contributed by atoms with E-state index < -0.39 is 0 Å². The first-order chi connectivity index (χ1) is 7.10. The van der Waals surface area contributed by atoms with E-state index >= 15 is 0 Å². The van der Waals surface area contributed by atoms with Gasteiger partial charge in [-0.05, 0) is 31.0 Å². The molecule has 0 fully saturated rings. The molecule has 2 N–H and O–H groups in total. The maximum absolute atomic E-state index is 6.08. The van der Waals surface area contributed by atoms with Crippen LogP contribution in [0.25, 0.3) is 0 Å². The van der Waals surface area contributed by atoms with Crippen LogP contribution >= 0.6 is 11.6 Å². The highest BCUT2D eigenvalue weighted by molar-refractivity contribution is 6.30. The van der Waals surface area contributed by atoms with Crippen LogP contribution in [0, 0.1) is 6.92 Å². The molecule has 0 radical (unpaired) electrons. The predicted octanol–water partition coefficient (Wildman–Crippen LogP) is 3.46. The lowest BCUT2D eigenvalue weighted by molar-refractivity contribution is 0.401. The SMILES string of the molecule is CCCC(N)c1cc(Cl)cc(C)c1OC. The van der Waals surface area contributed by atoms with Crippen molar-refractivity contribution in [1.82, 2.24) is 0 Å². The van der Waals surface area contributed by atoms with E-state index in [1.54, 1.807) is 7.11 Å². The maximum Gasteiger partial charge on any atom is 0.126 e. The Balaban J connectivity index is 3.13. The van der Waals surface area contributed by atoms with Crippen LogP contribution in [0.4, 0.5) is 0 Å². The smallest absolute Gasteiger partial charge is 0.126 e. The number of benzene rings is 1. The van der Waals surface area contributed by atoms with Crippen LogP contribution < -0.4 is 10.5 Å². The van der Waals surface area contributed by atoms with Crippen molar-refractivity contribution in [3.05, 3.63) is 28.3 Å². The van der Waals surface area contributed by atoms with Gasteiger partial charge in [-0.3, -0.25) is 0 Å². The first kappa shape index (κ1) is 12.3. The van der Waals surface area contributed by atoms with Crippen molar-refractivity contribution in [3.63, 3.8) is 0 Å². The molecule has 0 saturated carbocycles. The first-order valence-corrected chi connectivity index (χ1v) is 5.57. The number of aryl methyl sites for hydroxylation is 1. The Labute approximate surface area is 96.4 Å². The molecule has 1 aromatic rings. The minimum atomic E-state index is 0.00218. The summed E-state index contributed by atoms with van der Waals surface area (Å²) in [6, 6.07) is 3.79. The summed E-state index contributed by atoms with van der Waals surface area (Å²) < 4.78 is 5.36. The molecular formula is C12H18ClNO. The van der Waals surface area contributed by atoms with Crippen molar-refractivity contribution in [2.24, 2.45) is 5.73 Å². The minimum absolute atomic E-state index is 0.00218. The summed E-state index contributed by atoms with van der Waals surface area (Å²) in [6.07, 6.45) is 1.99. The number of halogens is 1. The fraction of sp³-hybridized carbons (Fsp3) is 0.500. The lowest BCUT2D eigenvalue weighted by Gasteiger charge is -2.17. The summed E-state index contributed by atoms with van der Waals surface area (Å²) in [5.74, 6) is 0.861. The van der Waals surface area contributed by atoms with E-state index in [1.165, 1.54) is 0 Å². The molecular weight excluding hydrogens is 210 g/mol. The van der Waals surface area contributed by atoms with Crippen LogP contribution in [-0.2, 0) is 0 Å². The van der Waals surface area contributed by atoms with Crippen molar-refractivity contribution in [2.75, 3.05) is 7.11 Å². The topological polar surface area (TPSA) is 35.2 Å². The van der Waals surface area contributed by atoms with Crippen LogP contribution in [0.2, 0.25) is 5.02 Å². The van der Waals surface area contributed by atoms with E-state index in [4.69, 9.17) is 22.1 Å². The van der Waals surface area contributed by atoms with Gasteiger partial charge in [0.05, 0.1) is 7.11 Å². The summed E-state index contributed by atoms with van der Waals surface area (Å²) >= 11 is 6.01. The molecule has 0 bridgehead atoms. The number of hydrogen-bond acceptors (Lipinski definition) is 2. The van der Waals surface area contributed by atoms with E-state index in [1.807, 2.05) is 19.1 Å². The lowest BCUT2D eigenvalue weighted by atomic mass is 10.00. The lowest BCUT2D eigenvalue weighted by Crippen LogP contribution is -2.11. The second-order valence-corrected chi connectivity index (χ2v) is 4.18. The number of rotatable bonds is 4. The number of hydrogen-bond donors (Lipinski definition) is 1. The molecule has 1 unspecified atom stereocenters. The van der Waals surface area contributed by atoms with Crippen LogP contribution in [0.5, 0.6) is 5.75 Å². The van der Waals surface area contributed by atoms with Gasteiger partial charge in [0.1, 0.15) is 5.75 Å². The van der Waals surface area contributed by atoms with E-state index in [9.17, 15) is 0 Å². The average Bonchev–Trinajstić information content (AvgIpc) is 2.17. The Morgan fingerprint density at radius 1 is 1.47 bits per heavy atom. The second-order valence-electron chi connectivity index (χ2n) is 3.74. The highest BCUT2D eigenvalue weighted by Crippen LogP contribution is 2.32. The normalized spacial score (nSPS) is 12.6. The fourth-order valence-corrected chi connectivity index (χ4v) is 2.06. The van der Waals surface area contributed by atoms with E-state index in [0.29, 0.717) is 0 Å². The van der Waals surface area contributed by atoms with E-state index in [-0.39, 0.29) is 6.04 Å². The average molecular weight is 228 g/mol. The third-order valence-corrected chi connectivity index (χ3v) is 2.69. The van der Waals surface area contributed by atoms with Gasteiger partial charge in [-0.2, -0.15) is 0 Å².